The van der Waals surface area contributed by atoms with Gasteiger partial charge in [0, 0.05) is 114 Å². The highest BCUT2D eigenvalue weighted by Crippen LogP contribution is 2.23. The number of nitrogens with zero attached hydrogens (tertiary/aromatic N) is 4. The van der Waals surface area contributed by atoms with Gasteiger partial charge < -0.3 is 26.2 Å². The van der Waals surface area contributed by atoms with Crippen molar-refractivity contribution in [1.29, 1.82) is 0 Å². The summed E-state index contributed by atoms with van der Waals surface area (Å²) in [4.78, 5) is 31.4. The Hall–Kier alpha value is -4.52. The quantitative estimate of drug-likeness (QED) is 0.173. The van der Waals surface area contributed by atoms with Crippen LogP contribution in [0.1, 0.15) is 36.1 Å². The van der Waals surface area contributed by atoms with Gasteiger partial charge in [0.25, 0.3) is 0 Å². The number of piperazine rings is 2. The molecular formula is C40H48BrF2N7O2. The van der Waals surface area contributed by atoms with E-state index in [1.165, 1.54) is 43.7 Å². The molecule has 0 radical (unpaired) electrons. The van der Waals surface area contributed by atoms with Crippen molar-refractivity contribution in [3.05, 3.63) is 123 Å². The standard InChI is InChI=1S/C20H23BrFN3O.C20H25FN4O/c1-15(26)23-13-16-2-3-17(20(21)12-16)14-24-8-10-25(11-9-24)19-6-4-18(22)5-7-19;1-15(26)23-13-16-2-3-17(20(22)12-16)14-24-8-10-25(11-9-24)19-6-4-18(21)5-7-19/h2-7,12H,8-11,13-14H2,1H3,(H,23,26);2-7,12H,8-11,13-14,22H2,1H3,(H,23,26). The van der Waals surface area contributed by atoms with E-state index in [1.54, 1.807) is 0 Å². The lowest BCUT2D eigenvalue weighted by Gasteiger charge is -2.36. The fourth-order valence-corrected chi connectivity index (χ4v) is 6.85. The molecule has 6 rings (SSSR count). The van der Waals surface area contributed by atoms with Crippen LogP contribution in [-0.2, 0) is 35.8 Å². The van der Waals surface area contributed by atoms with Crippen LogP contribution in [0.2, 0.25) is 0 Å². The lowest BCUT2D eigenvalue weighted by Crippen LogP contribution is -2.46. The number of amides is 2. The van der Waals surface area contributed by atoms with Crippen molar-refractivity contribution < 1.29 is 18.4 Å². The van der Waals surface area contributed by atoms with E-state index in [2.05, 4.69) is 64.4 Å². The van der Waals surface area contributed by atoms with E-state index in [1.807, 2.05) is 42.5 Å². The smallest absolute Gasteiger partial charge is 0.217 e. The Bertz CT molecular complexity index is 1650. The third kappa shape index (κ3) is 11.8. The van der Waals surface area contributed by atoms with Crippen LogP contribution in [0.25, 0.3) is 0 Å². The molecule has 0 saturated carbocycles. The van der Waals surface area contributed by atoms with Gasteiger partial charge in [-0.05, 0) is 82.9 Å². The molecule has 0 atom stereocenters. The second-order valence-corrected chi connectivity index (χ2v) is 14.1. The first-order valence-electron chi connectivity index (χ1n) is 17.6. The SMILES string of the molecule is CC(=O)NCc1ccc(CN2CCN(c3ccc(F)cc3)CC2)c(Br)c1.CC(=O)NCc1ccc(CN2CCN(c3ccc(F)cc3)CC2)c(N)c1. The van der Waals surface area contributed by atoms with Gasteiger partial charge in [-0.25, -0.2) is 8.78 Å². The van der Waals surface area contributed by atoms with Gasteiger partial charge in [-0.1, -0.05) is 40.2 Å². The van der Waals surface area contributed by atoms with Crippen LogP contribution in [-0.4, -0.2) is 74.0 Å². The van der Waals surface area contributed by atoms with Crippen molar-refractivity contribution >= 4 is 44.8 Å². The fraction of sp³-hybridized carbons (Fsp3) is 0.350. The number of halogens is 3. The summed E-state index contributed by atoms with van der Waals surface area (Å²) in [6.07, 6.45) is 0. The lowest BCUT2D eigenvalue weighted by molar-refractivity contribution is -0.120. The van der Waals surface area contributed by atoms with Crippen molar-refractivity contribution in [2.24, 2.45) is 0 Å². The molecule has 2 heterocycles. The molecule has 0 unspecified atom stereocenters. The highest BCUT2D eigenvalue weighted by Gasteiger charge is 2.20. The van der Waals surface area contributed by atoms with Gasteiger partial charge >= 0.3 is 0 Å². The zero-order valence-corrected chi connectivity index (χ0v) is 31.5. The minimum atomic E-state index is -0.204. The monoisotopic (exact) mass is 775 g/mol. The predicted molar refractivity (Wildman–Crippen MR) is 208 cm³/mol. The Balaban J connectivity index is 0.000000201. The summed E-state index contributed by atoms with van der Waals surface area (Å²) in [7, 11) is 0. The summed E-state index contributed by atoms with van der Waals surface area (Å²) >= 11 is 3.65. The Morgan fingerprint density at radius 2 is 1.02 bits per heavy atom. The number of benzene rings is 4. The number of rotatable bonds is 10. The first-order chi connectivity index (χ1) is 25.0. The number of nitrogen functional groups attached to an aromatic ring is 1. The summed E-state index contributed by atoms with van der Waals surface area (Å²) in [6.45, 7) is 13.3. The van der Waals surface area contributed by atoms with Gasteiger partial charge in [0.15, 0.2) is 0 Å². The first kappa shape index (κ1) is 38.7. The van der Waals surface area contributed by atoms with Crippen LogP contribution in [0.15, 0.2) is 89.4 Å². The van der Waals surface area contributed by atoms with Crippen LogP contribution in [0.3, 0.4) is 0 Å². The Labute approximate surface area is 313 Å². The van der Waals surface area contributed by atoms with Crippen molar-refractivity contribution in [3.8, 4) is 0 Å². The van der Waals surface area contributed by atoms with Crippen LogP contribution < -0.4 is 26.2 Å². The van der Waals surface area contributed by atoms with E-state index in [9.17, 15) is 18.4 Å². The normalized spacial score (nSPS) is 15.1. The highest BCUT2D eigenvalue weighted by atomic mass is 79.9. The number of carbonyl (C=O) groups excluding carboxylic acids is 2. The molecule has 2 fully saturated rings. The van der Waals surface area contributed by atoms with Gasteiger partial charge in [-0.15, -0.1) is 0 Å². The van der Waals surface area contributed by atoms with Gasteiger partial charge in [0.05, 0.1) is 0 Å². The average molecular weight is 777 g/mol. The molecule has 4 aromatic rings. The van der Waals surface area contributed by atoms with E-state index in [0.717, 1.165) is 104 Å². The molecule has 0 aromatic heterocycles. The highest BCUT2D eigenvalue weighted by molar-refractivity contribution is 9.10. The average Bonchev–Trinajstić information content (AvgIpc) is 3.13. The summed E-state index contributed by atoms with van der Waals surface area (Å²) in [5.41, 5.74) is 13.5. The van der Waals surface area contributed by atoms with Crippen LogP contribution >= 0.6 is 15.9 Å². The number of anilines is 3. The molecule has 4 N–H and O–H groups in total. The molecule has 0 bridgehead atoms. The van der Waals surface area contributed by atoms with Crippen LogP contribution in [0.5, 0.6) is 0 Å². The molecule has 12 heteroatoms. The van der Waals surface area contributed by atoms with Gasteiger partial charge in [0.2, 0.25) is 11.8 Å². The van der Waals surface area contributed by atoms with E-state index in [0.29, 0.717) is 13.1 Å². The number of nitrogens with one attached hydrogen (secondary N) is 2. The topological polar surface area (TPSA) is 97.2 Å². The second kappa shape index (κ2) is 18.8. The molecule has 276 valence electrons. The van der Waals surface area contributed by atoms with E-state index in [4.69, 9.17) is 5.73 Å². The van der Waals surface area contributed by atoms with Crippen molar-refractivity contribution in [2.75, 3.05) is 67.9 Å². The Morgan fingerprint density at radius 3 is 1.42 bits per heavy atom. The minimum absolute atomic E-state index is 0.0239. The van der Waals surface area contributed by atoms with Gasteiger partial charge in [-0.3, -0.25) is 19.4 Å². The summed E-state index contributed by atoms with van der Waals surface area (Å²) in [6, 6.07) is 25.6. The molecule has 2 aliphatic rings. The molecule has 4 aromatic carbocycles. The number of hydrogen-bond acceptors (Lipinski definition) is 7. The van der Waals surface area contributed by atoms with E-state index >= 15 is 0 Å². The van der Waals surface area contributed by atoms with E-state index in [-0.39, 0.29) is 23.4 Å². The van der Waals surface area contributed by atoms with Crippen LogP contribution in [0, 0.1) is 11.6 Å². The van der Waals surface area contributed by atoms with Crippen molar-refractivity contribution in [1.82, 2.24) is 20.4 Å². The van der Waals surface area contributed by atoms with Gasteiger partial charge in [-0.2, -0.15) is 0 Å². The molecule has 9 nitrogen and oxygen atoms in total. The third-order valence-electron chi connectivity index (χ3n) is 9.33. The molecule has 2 aliphatic heterocycles. The Kier molecular flexibility index (Phi) is 14.0. The molecule has 2 amide bonds. The minimum Gasteiger partial charge on any atom is -0.398 e. The van der Waals surface area contributed by atoms with Crippen molar-refractivity contribution in [3.63, 3.8) is 0 Å². The molecule has 0 aliphatic carbocycles. The van der Waals surface area contributed by atoms with Crippen molar-refractivity contribution in [2.45, 2.75) is 40.0 Å². The van der Waals surface area contributed by atoms with Gasteiger partial charge in [0.1, 0.15) is 11.6 Å². The number of nitrogens with two attached hydrogens (primary N) is 1. The number of hydrogen-bond donors (Lipinski definition) is 3. The maximum atomic E-state index is 13.1. The zero-order chi connectivity index (χ0) is 37.0. The fourth-order valence-electron chi connectivity index (χ4n) is 6.29. The van der Waals surface area contributed by atoms with Crippen LogP contribution in [0.4, 0.5) is 25.8 Å². The van der Waals surface area contributed by atoms with E-state index < -0.39 is 0 Å². The lowest BCUT2D eigenvalue weighted by atomic mass is 10.1. The summed E-state index contributed by atoms with van der Waals surface area (Å²) in [5, 5.41) is 5.59. The predicted octanol–water partition coefficient (Wildman–Crippen LogP) is 5.91. The molecular weight excluding hydrogens is 728 g/mol. The summed E-state index contributed by atoms with van der Waals surface area (Å²) < 4.78 is 27.2. The maximum Gasteiger partial charge on any atom is 0.217 e. The Morgan fingerprint density at radius 1 is 0.615 bits per heavy atom. The summed E-state index contributed by atoms with van der Waals surface area (Å²) in [5.74, 6) is -0.472. The zero-order valence-electron chi connectivity index (χ0n) is 29.9. The third-order valence-corrected chi connectivity index (χ3v) is 10.1. The molecule has 2 saturated heterocycles. The maximum absolute atomic E-state index is 13.1. The largest absolute Gasteiger partial charge is 0.398 e. The molecule has 52 heavy (non-hydrogen) atoms. The number of carbonyl (C=O) groups is 2. The molecule has 0 spiro atoms. The first-order valence-corrected chi connectivity index (χ1v) is 18.4. The second-order valence-electron chi connectivity index (χ2n) is 13.3.